The van der Waals surface area contributed by atoms with Gasteiger partial charge < -0.3 is 5.32 Å². The molecule has 0 bridgehead atoms. The van der Waals surface area contributed by atoms with Crippen LogP contribution in [0, 0.1) is 11.3 Å². The van der Waals surface area contributed by atoms with Crippen molar-refractivity contribution in [3.05, 3.63) is 81.7 Å². The fourth-order valence-electron chi connectivity index (χ4n) is 3.81. The Hall–Kier alpha value is -2.99. The first-order chi connectivity index (χ1) is 15.4. The molecule has 0 unspecified atom stereocenters. The highest BCUT2D eigenvalue weighted by Gasteiger charge is 2.26. The number of nitriles is 1. The molecule has 0 atom stereocenters. The largest absolute Gasteiger partial charge is 0.312 e. The topological polar surface area (TPSA) is 90.3 Å². The van der Waals surface area contributed by atoms with Crippen molar-refractivity contribution >= 4 is 32.1 Å². The monoisotopic (exact) mass is 465 g/mol. The average molecular weight is 466 g/mol. The summed E-state index contributed by atoms with van der Waals surface area (Å²) < 4.78 is 24.3. The van der Waals surface area contributed by atoms with Gasteiger partial charge in [-0.05, 0) is 35.7 Å². The average Bonchev–Trinajstić information content (AvgIpc) is 3.15. The van der Waals surface area contributed by atoms with Crippen LogP contribution in [0.15, 0.2) is 59.5 Å². The second-order valence-electron chi connectivity index (χ2n) is 7.65. The van der Waals surface area contributed by atoms with E-state index in [4.69, 9.17) is 0 Å². The van der Waals surface area contributed by atoms with Gasteiger partial charge in [-0.2, -0.15) is 5.26 Å². The van der Waals surface area contributed by atoms with Crippen LogP contribution in [0.3, 0.4) is 0 Å². The maximum absolute atomic E-state index is 12.8. The van der Waals surface area contributed by atoms with Crippen LogP contribution in [-0.2, 0) is 29.3 Å². The number of nitrogens with zero attached hydrogens (tertiary/aromatic N) is 2. The Morgan fingerprint density at radius 1 is 1.19 bits per heavy atom. The number of thiophene rings is 1. The summed E-state index contributed by atoms with van der Waals surface area (Å²) in [6.45, 7) is 3.97. The molecule has 0 radical (unpaired) electrons. The second kappa shape index (κ2) is 9.25. The van der Waals surface area contributed by atoms with E-state index in [1.165, 1.54) is 29.0 Å². The molecule has 0 spiro atoms. The van der Waals surface area contributed by atoms with Gasteiger partial charge in [-0.1, -0.05) is 43.3 Å². The van der Waals surface area contributed by atoms with Crippen molar-refractivity contribution in [3.63, 3.8) is 0 Å². The molecule has 3 aromatic rings. The van der Waals surface area contributed by atoms with Crippen molar-refractivity contribution in [2.24, 2.45) is 0 Å². The van der Waals surface area contributed by atoms with E-state index in [0.717, 1.165) is 36.5 Å². The van der Waals surface area contributed by atoms with Crippen LogP contribution in [0.2, 0.25) is 0 Å². The minimum absolute atomic E-state index is 0.0339. The highest BCUT2D eigenvalue weighted by atomic mass is 32.2. The molecular formula is C24H23N3O3S2. The van der Waals surface area contributed by atoms with E-state index in [1.54, 1.807) is 19.1 Å². The lowest BCUT2D eigenvalue weighted by Crippen LogP contribution is -2.29. The Bertz CT molecular complexity index is 1290. The van der Waals surface area contributed by atoms with Gasteiger partial charge in [-0.15, -0.1) is 11.3 Å². The molecule has 0 saturated carbocycles. The Kier molecular flexibility index (Phi) is 6.42. The Labute approximate surface area is 192 Å². The van der Waals surface area contributed by atoms with Crippen LogP contribution in [0.25, 0.3) is 0 Å². The van der Waals surface area contributed by atoms with E-state index in [9.17, 15) is 18.5 Å². The molecule has 0 aliphatic carbocycles. The van der Waals surface area contributed by atoms with Gasteiger partial charge in [0.1, 0.15) is 11.1 Å². The number of anilines is 1. The van der Waals surface area contributed by atoms with Crippen LogP contribution in [-0.4, -0.2) is 31.5 Å². The lowest BCUT2D eigenvalue weighted by atomic mass is 10.0. The second-order valence-corrected chi connectivity index (χ2v) is 11.0. The van der Waals surface area contributed by atoms with Crippen molar-refractivity contribution in [3.8, 4) is 6.07 Å². The van der Waals surface area contributed by atoms with E-state index in [1.807, 2.05) is 18.2 Å². The van der Waals surface area contributed by atoms with E-state index in [2.05, 4.69) is 28.4 Å². The number of sulfone groups is 1. The van der Waals surface area contributed by atoms with Crippen LogP contribution in [0.5, 0.6) is 0 Å². The summed E-state index contributed by atoms with van der Waals surface area (Å²) in [7, 11) is -3.41. The summed E-state index contributed by atoms with van der Waals surface area (Å²) in [4.78, 5) is 16.4. The number of nitrogens with one attached hydrogen (secondary N) is 1. The normalized spacial score (nSPS) is 13.9. The lowest BCUT2D eigenvalue weighted by molar-refractivity contribution is 0.102. The standard InChI is InChI=1S/C24H23N3O3S2/c1-2-32(29,30)19-10-6-9-18(13-19)23(28)26-24-21(14-25)20-11-12-27(16-22(20)31-24)15-17-7-4-3-5-8-17/h3-10,13H,2,11-12,15-16H2,1H3,(H,26,28). The van der Waals surface area contributed by atoms with Gasteiger partial charge in [-0.25, -0.2) is 8.42 Å². The minimum Gasteiger partial charge on any atom is -0.312 e. The molecular weight excluding hydrogens is 442 g/mol. The molecule has 1 N–H and O–H groups in total. The number of benzene rings is 2. The van der Waals surface area contributed by atoms with Crippen LogP contribution >= 0.6 is 11.3 Å². The Balaban J connectivity index is 1.54. The first kappa shape index (κ1) is 22.2. The van der Waals surface area contributed by atoms with Crippen molar-refractivity contribution in [2.75, 3.05) is 17.6 Å². The number of amides is 1. The third-order valence-corrected chi connectivity index (χ3v) is 8.42. The molecule has 6 nitrogen and oxygen atoms in total. The first-order valence-electron chi connectivity index (χ1n) is 10.4. The van der Waals surface area contributed by atoms with Gasteiger partial charge >= 0.3 is 0 Å². The Morgan fingerprint density at radius 3 is 2.69 bits per heavy atom. The third kappa shape index (κ3) is 4.60. The number of rotatable bonds is 6. The van der Waals surface area contributed by atoms with E-state index >= 15 is 0 Å². The highest BCUT2D eigenvalue weighted by molar-refractivity contribution is 7.91. The maximum atomic E-state index is 12.8. The molecule has 8 heteroatoms. The first-order valence-corrected chi connectivity index (χ1v) is 12.8. The summed E-state index contributed by atoms with van der Waals surface area (Å²) in [6.07, 6.45) is 0.752. The van der Waals surface area contributed by atoms with Gasteiger partial charge in [0, 0.05) is 30.1 Å². The molecule has 1 aromatic heterocycles. The summed E-state index contributed by atoms with van der Waals surface area (Å²) in [5.74, 6) is -0.456. The molecule has 1 amide bonds. The SMILES string of the molecule is CCS(=O)(=O)c1cccc(C(=O)Nc2sc3c(c2C#N)CCN(Cc2ccccc2)C3)c1. The van der Waals surface area contributed by atoms with Crippen molar-refractivity contribution in [1.29, 1.82) is 5.26 Å². The summed E-state index contributed by atoms with van der Waals surface area (Å²) in [5.41, 5.74) is 3.00. The molecule has 164 valence electrons. The van der Waals surface area contributed by atoms with Crippen LogP contribution in [0.1, 0.15) is 38.8 Å². The predicted octanol–water partition coefficient (Wildman–Crippen LogP) is 4.22. The number of fused-ring (bicyclic) bond motifs is 1. The number of hydrogen-bond acceptors (Lipinski definition) is 6. The zero-order chi connectivity index (χ0) is 22.7. The zero-order valence-corrected chi connectivity index (χ0v) is 19.3. The number of carbonyl (C=O) groups is 1. The minimum atomic E-state index is -3.41. The smallest absolute Gasteiger partial charge is 0.256 e. The predicted molar refractivity (Wildman–Crippen MR) is 125 cm³/mol. The Morgan fingerprint density at radius 2 is 1.97 bits per heavy atom. The van der Waals surface area contributed by atoms with Gasteiger partial charge in [0.25, 0.3) is 5.91 Å². The number of carbonyl (C=O) groups excluding carboxylic acids is 1. The van der Waals surface area contributed by atoms with Crippen LogP contribution in [0.4, 0.5) is 5.00 Å². The molecule has 1 aliphatic rings. The molecule has 0 fully saturated rings. The quantitative estimate of drug-likeness (QED) is 0.589. The van der Waals surface area contributed by atoms with Crippen molar-refractivity contribution in [1.82, 2.24) is 4.90 Å². The molecule has 0 saturated heterocycles. The molecule has 1 aliphatic heterocycles. The fourth-order valence-corrected chi connectivity index (χ4v) is 5.97. The molecule has 4 rings (SSSR count). The van der Waals surface area contributed by atoms with Crippen LogP contribution < -0.4 is 5.32 Å². The van der Waals surface area contributed by atoms with Crippen molar-refractivity contribution < 1.29 is 13.2 Å². The van der Waals surface area contributed by atoms with Gasteiger partial charge in [0.15, 0.2) is 9.84 Å². The zero-order valence-electron chi connectivity index (χ0n) is 17.7. The molecule has 2 aromatic carbocycles. The molecule has 32 heavy (non-hydrogen) atoms. The fraction of sp³-hybridized carbons (Fsp3) is 0.250. The third-order valence-electron chi connectivity index (χ3n) is 5.56. The molecule has 2 heterocycles. The van der Waals surface area contributed by atoms with Crippen molar-refractivity contribution in [2.45, 2.75) is 31.3 Å². The van der Waals surface area contributed by atoms with E-state index in [-0.39, 0.29) is 16.2 Å². The maximum Gasteiger partial charge on any atom is 0.256 e. The van der Waals surface area contributed by atoms with Gasteiger partial charge in [0.2, 0.25) is 0 Å². The van der Waals surface area contributed by atoms with E-state index < -0.39 is 15.7 Å². The summed E-state index contributed by atoms with van der Waals surface area (Å²) in [5, 5.41) is 13.1. The summed E-state index contributed by atoms with van der Waals surface area (Å²) >= 11 is 1.42. The van der Waals surface area contributed by atoms with Gasteiger partial charge in [-0.3, -0.25) is 9.69 Å². The number of hydrogen-bond donors (Lipinski definition) is 1. The summed E-state index contributed by atoms with van der Waals surface area (Å²) in [6, 6.07) is 18.5. The van der Waals surface area contributed by atoms with Gasteiger partial charge in [0.05, 0.1) is 16.2 Å². The highest BCUT2D eigenvalue weighted by Crippen LogP contribution is 2.37. The van der Waals surface area contributed by atoms with E-state index in [0.29, 0.717) is 10.6 Å². The lowest BCUT2D eigenvalue weighted by Gasteiger charge is -2.26.